The van der Waals surface area contributed by atoms with E-state index in [1.54, 1.807) is 0 Å². The summed E-state index contributed by atoms with van der Waals surface area (Å²) >= 11 is 0. The Labute approximate surface area is 118 Å². The lowest BCUT2D eigenvalue weighted by molar-refractivity contribution is -0.0900. The fourth-order valence-electron chi connectivity index (χ4n) is 3.98. The zero-order chi connectivity index (χ0) is 14.1. The van der Waals surface area contributed by atoms with E-state index in [-0.39, 0.29) is 11.2 Å². The van der Waals surface area contributed by atoms with E-state index in [4.69, 9.17) is 9.47 Å². The van der Waals surface area contributed by atoms with Crippen molar-refractivity contribution in [3.63, 3.8) is 0 Å². The Hall–Kier alpha value is -0.120. The van der Waals surface area contributed by atoms with Crippen LogP contribution in [-0.4, -0.2) is 36.5 Å². The maximum atomic E-state index is 6.27. The van der Waals surface area contributed by atoms with Gasteiger partial charge in [-0.1, -0.05) is 6.92 Å². The van der Waals surface area contributed by atoms with Gasteiger partial charge in [0.2, 0.25) is 0 Å². The van der Waals surface area contributed by atoms with Crippen LogP contribution < -0.4 is 5.32 Å². The Morgan fingerprint density at radius 1 is 1.21 bits per heavy atom. The summed E-state index contributed by atoms with van der Waals surface area (Å²) in [4.78, 5) is 0. The largest absolute Gasteiger partial charge is 0.377 e. The van der Waals surface area contributed by atoms with Gasteiger partial charge in [-0.2, -0.15) is 0 Å². The highest BCUT2D eigenvalue weighted by molar-refractivity contribution is 5.02. The van der Waals surface area contributed by atoms with Crippen molar-refractivity contribution in [1.29, 1.82) is 0 Å². The van der Waals surface area contributed by atoms with E-state index < -0.39 is 0 Å². The number of nitrogens with one attached hydrogen (secondary N) is 1. The maximum absolute atomic E-state index is 6.27. The van der Waals surface area contributed by atoms with Crippen LogP contribution in [0.2, 0.25) is 0 Å². The molecule has 0 aromatic rings. The highest BCUT2D eigenvalue weighted by Crippen LogP contribution is 2.45. The molecule has 2 fully saturated rings. The van der Waals surface area contributed by atoms with Crippen LogP contribution in [0.25, 0.3) is 0 Å². The summed E-state index contributed by atoms with van der Waals surface area (Å²) in [5.41, 5.74) is -0.0896. The molecule has 112 valence electrons. The second-order valence-corrected chi connectivity index (χ2v) is 7.26. The summed E-state index contributed by atoms with van der Waals surface area (Å²) in [6.07, 6.45) is 5.16. The lowest BCUT2D eigenvalue weighted by Crippen LogP contribution is -2.52. The van der Waals surface area contributed by atoms with Gasteiger partial charge in [-0.25, -0.2) is 0 Å². The molecule has 2 aliphatic heterocycles. The van der Waals surface area contributed by atoms with Gasteiger partial charge in [-0.3, -0.25) is 0 Å². The Balaban J connectivity index is 2.13. The predicted octanol–water partition coefficient (Wildman–Crippen LogP) is 3.13. The molecule has 3 unspecified atom stereocenters. The van der Waals surface area contributed by atoms with Gasteiger partial charge in [0.1, 0.15) is 0 Å². The fraction of sp³-hybridized carbons (Fsp3) is 1.00. The summed E-state index contributed by atoms with van der Waals surface area (Å²) in [6, 6.07) is 0.419. The molecule has 2 aliphatic rings. The van der Waals surface area contributed by atoms with E-state index in [1.807, 2.05) is 0 Å². The average Bonchev–Trinajstić information content (AvgIpc) is 2.55. The lowest BCUT2D eigenvalue weighted by atomic mass is 9.78. The van der Waals surface area contributed by atoms with Crippen molar-refractivity contribution in [1.82, 2.24) is 5.32 Å². The molecule has 2 rings (SSSR count). The fourth-order valence-corrected chi connectivity index (χ4v) is 3.98. The average molecular weight is 269 g/mol. The normalized spacial score (nSPS) is 35.2. The first-order valence-electron chi connectivity index (χ1n) is 7.91. The van der Waals surface area contributed by atoms with Crippen molar-refractivity contribution >= 4 is 0 Å². The first-order chi connectivity index (χ1) is 8.86. The van der Waals surface area contributed by atoms with Gasteiger partial charge in [0, 0.05) is 18.6 Å². The Kier molecular flexibility index (Phi) is 4.59. The highest BCUT2D eigenvalue weighted by atomic mass is 16.5. The molecule has 3 heteroatoms. The third kappa shape index (κ3) is 3.50. The quantitative estimate of drug-likeness (QED) is 0.850. The lowest BCUT2D eigenvalue weighted by Gasteiger charge is -2.39. The summed E-state index contributed by atoms with van der Waals surface area (Å²) in [6.45, 7) is 13.0. The second-order valence-electron chi connectivity index (χ2n) is 7.26. The van der Waals surface area contributed by atoms with E-state index in [0.717, 1.165) is 19.6 Å². The monoisotopic (exact) mass is 269 g/mol. The molecule has 2 saturated heterocycles. The first-order valence-corrected chi connectivity index (χ1v) is 7.91. The van der Waals surface area contributed by atoms with E-state index in [0.29, 0.717) is 18.1 Å². The van der Waals surface area contributed by atoms with E-state index in [2.05, 4.69) is 39.9 Å². The minimum Gasteiger partial charge on any atom is -0.377 e. The SMILES string of the molecule is CCNC(C1CCCCO1)C1CC(C)(C)OC1(C)C. The first kappa shape index (κ1) is 15.3. The Morgan fingerprint density at radius 3 is 2.42 bits per heavy atom. The summed E-state index contributed by atoms with van der Waals surface area (Å²) in [5, 5.41) is 3.68. The molecule has 19 heavy (non-hydrogen) atoms. The molecule has 0 radical (unpaired) electrons. The standard InChI is InChI=1S/C16H31NO2/c1-6-17-14(13-9-7-8-10-18-13)12-11-15(2,3)19-16(12,4)5/h12-14,17H,6-11H2,1-5H3. The van der Waals surface area contributed by atoms with Gasteiger partial charge in [-0.05, 0) is 59.9 Å². The molecule has 2 heterocycles. The topological polar surface area (TPSA) is 30.5 Å². The van der Waals surface area contributed by atoms with Crippen LogP contribution in [0, 0.1) is 5.92 Å². The molecule has 0 aliphatic carbocycles. The molecular weight excluding hydrogens is 238 g/mol. The third-order valence-electron chi connectivity index (χ3n) is 4.63. The molecule has 3 atom stereocenters. The van der Waals surface area contributed by atoms with Crippen molar-refractivity contribution in [2.45, 2.75) is 83.6 Å². The van der Waals surface area contributed by atoms with Crippen LogP contribution in [-0.2, 0) is 9.47 Å². The number of hydrogen-bond donors (Lipinski definition) is 1. The molecule has 0 saturated carbocycles. The number of ether oxygens (including phenoxy) is 2. The zero-order valence-corrected chi connectivity index (χ0v) is 13.3. The van der Waals surface area contributed by atoms with Crippen molar-refractivity contribution in [2.75, 3.05) is 13.2 Å². The number of hydrogen-bond acceptors (Lipinski definition) is 3. The van der Waals surface area contributed by atoms with E-state index in [1.165, 1.54) is 19.3 Å². The van der Waals surface area contributed by atoms with Crippen LogP contribution in [0.4, 0.5) is 0 Å². The molecular formula is C16H31NO2. The van der Waals surface area contributed by atoms with Gasteiger partial charge in [0.15, 0.2) is 0 Å². The molecule has 0 bridgehead atoms. The van der Waals surface area contributed by atoms with Gasteiger partial charge < -0.3 is 14.8 Å². The van der Waals surface area contributed by atoms with Crippen molar-refractivity contribution < 1.29 is 9.47 Å². The highest BCUT2D eigenvalue weighted by Gasteiger charge is 2.50. The summed E-state index contributed by atoms with van der Waals surface area (Å²) < 4.78 is 12.3. The van der Waals surface area contributed by atoms with E-state index in [9.17, 15) is 0 Å². The van der Waals surface area contributed by atoms with Crippen molar-refractivity contribution in [3.8, 4) is 0 Å². The molecule has 0 aromatic carbocycles. The number of rotatable bonds is 4. The predicted molar refractivity (Wildman–Crippen MR) is 78.4 cm³/mol. The van der Waals surface area contributed by atoms with Gasteiger partial charge in [0.25, 0.3) is 0 Å². The van der Waals surface area contributed by atoms with Gasteiger partial charge >= 0.3 is 0 Å². The third-order valence-corrected chi connectivity index (χ3v) is 4.63. The Morgan fingerprint density at radius 2 is 1.95 bits per heavy atom. The minimum atomic E-state index is -0.0723. The number of likely N-dealkylation sites (N-methyl/N-ethyl adjacent to an activating group) is 1. The molecule has 3 nitrogen and oxygen atoms in total. The van der Waals surface area contributed by atoms with E-state index >= 15 is 0 Å². The van der Waals surface area contributed by atoms with Gasteiger partial charge in [0.05, 0.1) is 17.3 Å². The van der Waals surface area contributed by atoms with Crippen LogP contribution >= 0.6 is 0 Å². The minimum absolute atomic E-state index is 0.0174. The van der Waals surface area contributed by atoms with Crippen LogP contribution in [0.1, 0.15) is 60.3 Å². The Bertz CT molecular complexity index is 295. The maximum Gasteiger partial charge on any atom is 0.0731 e. The summed E-state index contributed by atoms with van der Waals surface area (Å²) in [7, 11) is 0. The zero-order valence-electron chi connectivity index (χ0n) is 13.3. The molecule has 0 aromatic heterocycles. The van der Waals surface area contributed by atoms with Crippen LogP contribution in [0.15, 0.2) is 0 Å². The second kappa shape index (κ2) is 5.71. The van der Waals surface area contributed by atoms with Gasteiger partial charge in [-0.15, -0.1) is 0 Å². The molecule has 0 amide bonds. The summed E-state index contributed by atoms with van der Waals surface area (Å²) in [5.74, 6) is 0.519. The van der Waals surface area contributed by atoms with Crippen LogP contribution in [0.3, 0.4) is 0 Å². The van der Waals surface area contributed by atoms with Crippen molar-refractivity contribution in [2.24, 2.45) is 5.92 Å². The molecule has 1 N–H and O–H groups in total. The smallest absolute Gasteiger partial charge is 0.0731 e. The van der Waals surface area contributed by atoms with Crippen LogP contribution in [0.5, 0.6) is 0 Å². The van der Waals surface area contributed by atoms with Crippen molar-refractivity contribution in [3.05, 3.63) is 0 Å². The molecule has 0 spiro atoms.